The van der Waals surface area contributed by atoms with Crippen molar-refractivity contribution in [1.29, 1.82) is 0 Å². The number of methoxy groups -OCH3 is 3. The van der Waals surface area contributed by atoms with Gasteiger partial charge >= 0.3 is 5.97 Å². The van der Waals surface area contributed by atoms with Crippen molar-refractivity contribution < 1.29 is 28.5 Å². The van der Waals surface area contributed by atoms with Crippen LogP contribution >= 0.6 is 0 Å². The van der Waals surface area contributed by atoms with E-state index in [1.54, 1.807) is 12.1 Å². The summed E-state index contributed by atoms with van der Waals surface area (Å²) in [4.78, 5) is 24.5. The van der Waals surface area contributed by atoms with E-state index in [1.165, 1.54) is 40.4 Å². The van der Waals surface area contributed by atoms with Gasteiger partial charge < -0.3 is 24.3 Å². The molecular formula is C23H27NO6. The number of amides is 1. The highest BCUT2D eigenvalue weighted by Gasteiger charge is 2.18. The van der Waals surface area contributed by atoms with Crippen LogP contribution in [0.4, 0.5) is 5.69 Å². The van der Waals surface area contributed by atoms with E-state index in [9.17, 15) is 9.59 Å². The van der Waals surface area contributed by atoms with Gasteiger partial charge in [0.05, 0.1) is 21.3 Å². The Labute approximate surface area is 176 Å². The van der Waals surface area contributed by atoms with Gasteiger partial charge in [-0.3, -0.25) is 4.79 Å². The second-order valence-electron chi connectivity index (χ2n) is 6.67. The summed E-state index contributed by atoms with van der Waals surface area (Å²) >= 11 is 0. The molecule has 0 saturated carbocycles. The molecule has 0 fully saturated rings. The highest BCUT2D eigenvalue weighted by molar-refractivity contribution is 5.97. The molecule has 1 amide bonds. The third-order valence-electron chi connectivity index (χ3n) is 4.44. The molecule has 0 saturated heterocycles. The van der Waals surface area contributed by atoms with Gasteiger partial charge in [0.2, 0.25) is 0 Å². The Morgan fingerprint density at radius 3 is 2.17 bits per heavy atom. The van der Waals surface area contributed by atoms with Crippen molar-refractivity contribution in [2.24, 2.45) is 0 Å². The number of carbonyl (C=O) groups is 2. The zero-order valence-corrected chi connectivity index (χ0v) is 18.1. The summed E-state index contributed by atoms with van der Waals surface area (Å²) in [6, 6.07) is 9.02. The Bertz CT molecular complexity index is 951. The van der Waals surface area contributed by atoms with Gasteiger partial charge in [-0.25, -0.2) is 4.79 Å². The number of nitrogens with one attached hydrogen (secondary N) is 1. The Morgan fingerprint density at radius 2 is 1.57 bits per heavy atom. The Balaban J connectivity index is 2.05. The Kier molecular flexibility index (Phi) is 7.86. The third-order valence-corrected chi connectivity index (χ3v) is 4.44. The maximum Gasteiger partial charge on any atom is 0.331 e. The molecule has 1 N–H and O–H groups in total. The second kappa shape index (κ2) is 10.3. The van der Waals surface area contributed by atoms with E-state index in [0.29, 0.717) is 28.5 Å². The standard InChI is InChI=1S/C23H27NO6/c1-14-7-9-18(15(2)11-14)24-23(26)16(3)30-22(25)10-8-17-12-20(28-5)21(29-6)13-19(17)27-4/h7-13,16H,1-6H3,(H,24,26)/b10-8+/t16-/m0/s1. The minimum Gasteiger partial charge on any atom is -0.496 e. The van der Waals surface area contributed by atoms with Crippen LogP contribution < -0.4 is 19.5 Å². The molecule has 0 aliphatic heterocycles. The van der Waals surface area contributed by atoms with Gasteiger partial charge in [0, 0.05) is 23.4 Å². The molecule has 7 heteroatoms. The van der Waals surface area contributed by atoms with Crippen molar-refractivity contribution in [2.45, 2.75) is 26.9 Å². The lowest BCUT2D eigenvalue weighted by Gasteiger charge is -2.14. The highest BCUT2D eigenvalue weighted by atomic mass is 16.5. The van der Waals surface area contributed by atoms with Crippen LogP contribution in [0, 0.1) is 13.8 Å². The summed E-state index contributed by atoms with van der Waals surface area (Å²) in [6.07, 6.45) is 1.79. The maximum absolute atomic E-state index is 12.4. The largest absolute Gasteiger partial charge is 0.496 e. The summed E-state index contributed by atoms with van der Waals surface area (Å²) in [5.41, 5.74) is 3.31. The van der Waals surface area contributed by atoms with Gasteiger partial charge in [-0.2, -0.15) is 0 Å². The molecular weight excluding hydrogens is 386 g/mol. The number of anilines is 1. The lowest BCUT2D eigenvalue weighted by molar-refractivity contribution is -0.148. The van der Waals surface area contributed by atoms with Crippen molar-refractivity contribution in [3.05, 3.63) is 53.1 Å². The molecule has 0 aliphatic rings. The van der Waals surface area contributed by atoms with Crippen LogP contribution in [0.25, 0.3) is 6.08 Å². The zero-order chi connectivity index (χ0) is 22.3. The average Bonchev–Trinajstić information content (AvgIpc) is 2.73. The average molecular weight is 413 g/mol. The number of carbonyl (C=O) groups excluding carboxylic acids is 2. The molecule has 160 valence electrons. The lowest BCUT2D eigenvalue weighted by Crippen LogP contribution is -2.29. The normalized spacial score (nSPS) is 11.7. The summed E-state index contributed by atoms with van der Waals surface area (Å²) in [5, 5.41) is 2.77. The number of benzene rings is 2. The van der Waals surface area contributed by atoms with E-state index in [2.05, 4.69) is 5.32 Å². The molecule has 0 bridgehead atoms. The van der Waals surface area contributed by atoms with Crippen LogP contribution in [-0.2, 0) is 14.3 Å². The molecule has 7 nitrogen and oxygen atoms in total. The minimum absolute atomic E-state index is 0.410. The van der Waals surface area contributed by atoms with E-state index in [4.69, 9.17) is 18.9 Å². The zero-order valence-electron chi connectivity index (χ0n) is 18.1. The number of esters is 1. The van der Waals surface area contributed by atoms with Crippen molar-refractivity contribution in [3.63, 3.8) is 0 Å². The molecule has 0 aromatic heterocycles. The van der Waals surface area contributed by atoms with E-state index < -0.39 is 18.0 Å². The Hall–Kier alpha value is -3.48. The lowest BCUT2D eigenvalue weighted by atomic mass is 10.1. The maximum atomic E-state index is 12.4. The summed E-state index contributed by atoms with van der Waals surface area (Å²) in [5.74, 6) is 0.429. The van der Waals surface area contributed by atoms with Crippen LogP contribution in [0.3, 0.4) is 0 Å². The molecule has 0 radical (unpaired) electrons. The first kappa shape index (κ1) is 22.8. The fourth-order valence-electron chi connectivity index (χ4n) is 2.80. The van der Waals surface area contributed by atoms with Crippen LogP contribution in [0.15, 0.2) is 36.4 Å². The first-order chi connectivity index (χ1) is 14.3. The number of rotatable bonds is 8. The molecule has 30 heavy (non-hydrogen) atoms. The quantitative estimate of drug-likeness (QED) is 0.522. The van der Waals surface area contributed by atoms with E-state index >= 15 is 0 Å². The van der Waals surface area contributed by atoms with Gasteiger partial charge in [0.15, 0.2) is 17.6 Å². The van der Waals surface area contributed by atoms with Gasteiger partial charge in [-0.1, -0.05) is 17.7 Å². The smallest absolute Gasteiger partial charge is 0.331 e. The molecule has 0 unspecified atom stereocenters. The highest BCUT2D eigenvalue weighted by Crippen LogP contribution is 2.35. The third kappa shape index (κ3) is 5.76. The SMILES string of the molecule is COc1cc(OC)c(OC)cc1/C=C/C(=O)O[C@@H](C)C(=O)Nc1ccc(C)cc1C. The van der Waals surface area contributed by atoms with Crippen LogP contribution in [0.2, 0.25) is 0 Å². The van der Waals surface area contributed by atoms with E-state index in [-0.39, 0.29) is 0 Å². The number of hydrogen-bond acceptors (Lipinski definition) is 6. The van der Waals surface area contributed by atoms with E-state index in [0.717, 1.165) is 11.1 Å². The first-order valence-corrected chi connectivity index (χ1v) is 9.35. The van der Waals surface area contributed by atoms with Gasteiger partial charge in [-0.05, 0) is 44.5 Å². The minimum atomic E-state index is -0.963. The second-order valence-corrected chi connectivity index (χ2v) is 6.67. The topological polar surface area (TPSA) is 83.1 Å². The van der Waals surface area contributed by atoms with Crippen molar-refractivity contribution in [1.82, 2.24) is 0 Å². The number of ether oxygens (including phenoxy) is 4. The molecule has 0 spiro atoms. The fourth-order valence-corrected chi connectivity index (χ4v) is 2.80. The number of aryl methyl sites for hydroxylation is 2. The van der Waals surface area contributed by atoms with Gasteiger partial charge in [0.25, 0.3) is 5.91 Å². The molecule has 0 heterocycles. The molecule has 1 atom stereocenters. The molecule has 2 aromatic carbocycles. The monoisotopic (exact) mass is 413 g/mol. The van der Waals surface area contributed by atoms with E-state index in [1.807, 2.05) is 32.0 Å². The summed E-state index contributed by atoms with van der Waals surface area (Å²) in [7, 11) is 4.55. The summed E-state index contributed by atoms with van der Waals surface area (Å²) in [6.45, 7) is 5.39. The van der Waals surface area contributed by atoms with Gasteiger partial charge in [0.1, 0.15) is 5.75 Å². The number of hydrogen-bond donors (Lipinski definition) is 1. The first-order valence-electron chi connectivity index (χ1n) is 9.35. The predicted octanol–water partition coefficient (Wildman–Crippen LogP) is 3.91. The predicted molar refractivity (Wildman–Crippen MR) is 115 cm³/mol. The van der Waals surface area contributed by atoms with Crippen molar-refractivity contribution in [3.8, 4) is 17.2 Å². The summed E-state index contributed by atoms with van der Waals surface area (Å²) < 4.78 is 21.0. The van der Waals surface area contributed by atoms with Crippen LogP contribution in [0.5, 0.6) is 17.2 Å². The molecule has 2 aromatic rings. The van der Waals surface area contributed by atoms with Crippen molar-refractivity contribution >= 4 is 23.6 Å². The molecule has 0 aliphatic carbocycles. The fraction of sp³-hybridized carbons (Fsp3) is 0.304. The van der Waals surface area contributed by atoms with Crippen LogP contribution in [0.1, 0.15) is 23.6 Å². The Morgan fingerprint density at radius 1 is 0.933 bits per heavy atom. The van der Waals surface area contributed by atoms with Gasteiger partial charge in [-0.15, -0.1) is 0 Å². The van der Waals surface area contributed by atoms with Crippen LogP contribution in [-0.4, -0.2) is 39.3 Å². The van der Waals surface area contributed by atoms with Crippen molar-refractivity contribution in [2.75, 3.05) is 26.6 Å². The molecule has 2 rings (SSSR count).